The van der Waals surface area contributed by atoms with E-state index in [0.717, 1.165) is 5.69 Å². The average molecular weight is 244 g/mol. The minimum Gasteiger partial charge on any atom is -0.480 e. The van der Waals surface area contributed by atoms with Crippen LogP contribution in [0.15, 0.2) is 18.2 Å². The Kier molecular flexibility index (Phi) is 4.92. The van der Waals surface area contributed by atoms with E-state index in [2.05, 4.69) is 5.32 Å². The van der Waals surface area contributed by atoms with E-state index in [1.807, 2.05) is 6.07 Å². The Bertz CT molecular complexity index is 368. The number of nitrogens with one attached hydrogen (secondary N) is 1. The van der Waals surface area contributed by atoms with E-state index in [-0.39, 0.29) is 6.61 Å². The van der Waals surface area contributed by atoms with Crippen LogP contribution in [-0.2, 0) is 9.53 Å². The molecule has 1 aromatic carbocycles. The molecule has 4 nitrogen and oxygen atoms in total. The smallest absolute Gasteiger partial charge is 0.344 e. The summed E-state index contributed by atoms with van der Waals surface area (Å²) in [4.78, 5) is 11.0. The maximum Gasteiger partial charge on any atom is 0.344 e. The lowest BCUT2D eigenvalue weighted by Crippen LogP contribution is -2.14. The molecule has 88 valence electrons. The molecule has 1 N–H and O–H groups in total. The molecule has 0 saturated carbocycles. The van der Waals surface area contributed by atoms with Gasteiger partial charge in [0.2, 0.25) is 0 Å². The van der Waals surface area contributed by atoms with Crippen LogP contribution < -0.4 is 10.1 Å². The van der Waals surface area contributed by atoms with E-state index in [1.54, 1.807) is 26.1 Å². The summed E-state index contributed by atoms with van der Waals surface area (Å²) in [5.74, 6) is 0.0602. The van der Waals surface area contributed by atoms with Crippen molar-refractivity contribution >= 4 is 23.3 Å². The Morgan fingerprint density at radius 2 is 2.25 bits per heavy atom. The largest absolute Gasteiger partial charge is 0.480 e. The zero-order chi connectivity index (χ0) is 12.0. The summed E-state index contributed by atoms with van der Waals surface area (Å²) in [5, 5.41) is 3.40. The molecule has 0 spiro atoms. The zero-order valence-electron chi connectivity index (χ0n) is 9.25. The molecule has 1 aromatic rings. The number of benzene rings is 1. The van der Waals surface area contributed by atoms with Crippen molar-refractivity contribution in [3.63, 3.8) is 0 Å². The number of carbonyl (C=O) groups is 1. The van der Waals surface area contributed by atoms with Crippen molar-refractivity contribution in [2.75, 3.05) is 25.6 Å². The highest BCUT2D eigenvalue weighted by molar-refractivity contribution is 6.32. The third-order valence-corrected chi connectivity index (χ3v) is 2.17. The highest BCUT2D eigenvalue weighted by atomic mass is 35.5. The van der Waals surface area contributed by atoms with Crippen molar-refractivity contribution in [3.8, 4) is 5.75 Å². The number of hydrogen-bond donors (Lipinski definition) is 1. The molecule has 5 heteroatoms. The summed E-state index contributed by atoms with van der Waals surface area (Å²) >= 11 is 5.95. The fourth-order valence-electron chi connectivity index (χ4n) is 1.11. The first-order valence-corrected chi connectivity index (χ1v) is 5.31. The molecule has 0 aliphatic rings. The number of esters is 1. The summed E-state index contributed by atoms with van der Waals surface area (Å²) in [6, 6.07) is 5.24. The topological polar surface area (TPSA) is 47.6 Å². The third-order valence-electron chi connectivity index (χ3n) is 1.87. The molecule has 0 bridgehead atoms. The summed E-state index contributed by atoms with van der Waals surface area (Å²) in [6.45, 7) is 1.95. The molecule has 1 rings (SSSR count). The second kappa shape index (κ2) is 6.23. The van der Waals surface area contributed by atoms with Gasteiger partial charge in [0.1, 0.15) is 5.75 Å². The van der Waals surface area contributed by atoms with E-state index in [1.165, 1.54) is 0 Å². The Balaban J connectivity index is 2.57. The van der Waals surface area contributed by atoms with Gasteiger partial charge in [-0.15, -0.1) is 0 Å². The van der Waals surface area contributed by atoms with Crippen LogP contribution in [0.1, 0.15) is 6.92 Å². The molecule has 0 amide bonds. The Morgan fingerprint density at radius 1 is 1.50 bits per heavy atom. The molecular weight excluding hydrogens is 230 g/mol. The summed E-state index contributed by atoms with van der Waals surface area (Å²) in [5.41, 5.74) is 0.883. The molecule has 0 aliphatic carbocycles. The molecule has 0 heterocycles. The van der Waals surface area contributed by atoms with Crippen LogP contribution in [0.2, 0.25) is 5.02 Å². The number of hydrogen-bond acceptors (Lipinski definition) is 4. The van der Waals surface area contributed by atoms with Crippen molar-refractivity contribution < 1.29 is 14.3 Å². The van der Waals surface area contributed by atoms with Gasteiger partial charge in [0.15, 0.2) is 6.61 Å². The minimum atomic E-state index is -0.406. The maximum absolute atomic E-state index is 11.0. The fourth-order valence-corrected chi connectivity index (χ4v) is 1.35. The van der Waals surface area contributed by atoms with E-state index >= 15 is 0 Å². The maximum atomic E-state index is 11.0. The van der Waals surface area contributed by atoms with Crippen LogP contribution in [0.4, 0.5) is 5.69 Å². The lowest BCUT2D eigenvalue weighted by atomic mass is 10.3. The molecule has 0 atom stereocenters. The molecule has 0 radical (unpaired) electrons. The number of halogens is 1. The van der Waals surface area contributed by atoms with E-state index < -0.39 is 5.97 Å². The van der Waals surface area contributed by atoms with Gasteiger partial charge >= 0.3 is 5.97 Å². The number of rotatable bonds is 5. The first-order chi connectivity index (χ1) is 7.67. The van der Waals surface area contributed by atoms with Crippen molar-refractivity contribution in [2.45, 2.75) is 6.92 Å². The summed E-state index contributed by atoms with van der Waals surface area (Å²) in [7, 11) is 1.80. The standard InChI is InChI=1S/C11H14ClNO3/c1-3-15-11(14)7-16-10-5-4-8(13-2)6-9(10)12/h4-6,13H,3,7H2,1-2H3. The Hall–Kier alpha value is -1.42. The molecule has 0 aromatic heterocycles. The van der Waals surface area contributed by atoms with Crippen LogP contribution in [-0.4, -0.2) is 26.2 Å². The second-order valence-electron chi connectivity index (χ2n) is 2.99. The highest BCUT2D eigenvalue weighted by Gasteiger charge is 2.06. The lowest BCUT2D eigenvalue weighted by Gasteiger charge is -2.08. The van der Waals surface area contributed by atoms with Gasteiger partial charge in [-0.3, -0.25) is 0 Å². The van der Waals surface area contributed by atoms with Gasteiger partial charge in [0.05, 0.1) is 11.6 Å². The highest BCUT2D eigenvalue weighted by Crippen LogP contribution is 2.27. The molecule has 16 heavy (non-hydrogen) atoms. The molecule has 0 fully saturated rings. The Labute approximate surface area is 99.5 Å². The van der Waals surface area contributed by atoms with Gasteiger partial charge in [-0.2, -0.15) is 0 Å². The Morgan fingerprint density at radius 3 is 2.81 bits per heavy atom. The normalized spacial score (nSPS) is 9.69. The fraction of sp³-hybridized carbons (Fsp3) is 0.364. The predicted molar refractivity (Wildman–Crippen MR) is 63.1 cm³/mol. The van der Waals surface area contributed by atoms with Crippen LogP contribution in [0.5, 0.6) is 5.75 Å². The number of carbonyl (C=O) groups excluding carboxylic acids is 1. The van der Waals surface area contributed by atoms with Crippen molar-refractivity contribution in [3.05, 3.63) is 23.2 Å². The SMILES string of the molecule is CCOC(=O)COc1ccc(NC)cc1Cl. The van der Waals surface area contributed by atoms with Gasteiger partial charge in [-0.25, -0.2) is 4.79 Å². The second-order valence-corrected chi connectivity index (χ2v) is 3.40. The first kappa shape index (κ1) is 12.6. The molecule has 0 unspecified atom stereocenters. The zero-order valence-corrected chi connectivity index (χ0v) is 10.0. The third kappa shape index (κ3) is 3.62. The van der Waals surface area contributed by atoms with Crippen molar-refractivity contribution in [2.24, 2.45) is 0 Å². The number of ether oxygens (including phenoxy) is 2. The van der Waals surface area contributed by atoms with Crippen molar-refractivity contribution in [1.82, 2.24) is 0 Å². The average Bonchev–Trinajstić information content (AvgIpc) is 2.27. The van der Waals surface area contributed by atoms with Crippen LogP contribution in [0, 0.1) is 0 Å². The van der Waals surface area contributed by atoms with Gasteiger partial charge in [0.25, 0.3) is 0 Å². The quantitative estimate of drug-likeness (QED) is 0.807. The summed E-state index contributed by atoms with van der Waals surface area (Å²) in [6.07, 6.45) is 0. The van der Waals surface area contributed by atoms with Crippen LogP contribution in [0.25, 0.3) is 0 Å². The van der Waals surface area contributed by atoms with E-state index in [9.17, 15) is 4.79 Å². The van der Waals surface area contributed by atoms with Gasteiger partial charge < -0.3 is 14.8 Å². The monoisotopic (exact) mass is 243 g/mol. The molecule has 0 aliphatic heterocycles. The molecule has 0 saturated heterocycles. The number of anilines is 1. The predicted octanol–water partition coefficient (Wildman–Crippen LogP) is 2.32. The van der Waals surface area contributed by atoms with Crippen molar-refractivity contribution in [1.29, 1.82) is 0 Å². The summed E-state index contributed by atoms with van der Waals surface area (Å²) < 4.78 is 9.95. The van der Waals surface area contributed by atoms with E-state index in [4.69, 9.17) is 21.1 Å². The van der Waals surface area contributed by atoms with Gasteiger partial charge in [0, 0.05) is 12.7 Å². The van der Waals surface area contributed by atoms with E-state index in [0.29, 0.717) is 17.4 Å². The van der Waals surface area contributed by atoms with Crippen LogP contribution in [0.3, 0.4) is 0 Å². The lowest BCUT2D eigenvalue weighted by molar-refractivity contribution is -0.145. The minimum absolute atomic E-state index is 0.132. The van der Waals surface area contributed by atoms with Crippen LogP contribution >= 0.6 is 11.6 Å². The first-order valence-electron chi connectivity index (χ1n) is 4.93. The van der Waals surface area contributed by atoms with Gasteiger partial charge in [-0.1, -0.05) is 11.6 Å². The molecular formula is C11H14ClNO3. The van der Waals surface area contributed by atoms with Gasteiger partial charge in [-0.05, 0) is 25.1 Å².